The van der Waals surface area contributed by atoms with Gasteiger partial charge in [-0.1, -0.05) is 121 Å². The summed E-state index contributed by atoms with van der Waals surface area (Å²) in [6, 6.07) is 46.6. The molecule has 6 aromatic carbocycles. The zero-order valence-corrected chi connectivity index (χ0v) is 36.1. The first kappa shape index (κ1) is 42.3. The number of rotatable bonds is 15. The minimum absolute atomic E-state index is 0.0596. The Kier molecular flexibility index (Phi) is 10.8. The summed E-state index contributed by atoms with van der Waals surface area (Å²) in [5, 5.41) is 25.5. The molecule has 1 aliphatic heterocycles. The lowest BCUT2D eigenvalue weighted by atomic mass is 9.69. The average molecular weight is 895 g/mol. The maximum Gasteiger partial charge on any atom is 0.289 e. The molecule has 2 atom stereocenters. The van der Waals surface area contributed by atoms with E-state index in [4.69, 9.17) is 0 Å². The molecule has 2 unspecified atom stereocenters. The van der Waals surface area contributed by atoms with Gasteiger partial charge in [0.15, 0.2) is 9.79 Å². The molecule has 0 saturated carbocycles. The van der Waals surface area contributed by atoms with Gasteiger partial charge in [-0.3, -0.25) is 20.2 Å². The van der Waals surface area contributed by atoms with E-state index in [-0.39, 0.29) is 25.9 Å². The Balaban J connectivity index is 1.23. The largest absolute Gasteiger partial charge is 0.356 e. The van der Waals surface area contributed by atoms with E-state index in [1.54, 1.807) is 0 Å². The summed E-state index contributed by atoms with van der Waals surface area (Å²) in [7, 11) is -8.60. The van der Waals surface area contributed by atoms with Crippen LogP contribution in [0.2, 0.25) is 0 Å². The highest BCUT2D eigenvalue weighted by molar-refractivity contribution is 7.90. The van der Waals surface area contributed by atoms with Gasteiger partial charge >= 0.3 is 0 Å². The number of sulfonamides is 2. The number of benzene rings is 6. The fourth-order valence-electron chi connectivity index (χ4n) is 9.80. The zero-order chi connectivity index (χ0) is 44.9. The molecule has 0 fully saturated rings. The summed E-state index contributed by atoms with van der Waals surface area (Å²) in [4.78, 5) is 25.2. The van der Waals surface area contributed by atoms with E-state index in [2.05, 4.69) is 56.3 Å². The van der Waals surface area contributed by atoms with Crippen molar-refractivity contribution in [3.63, 3.8) is 0 Å². The normalized spacial score (nSPS) is 17.5. The molecule has 324 valence electrons. The van der Waals surface area contributed by atoms with Gasteiger partial charge in [0.1, 0.15) is 5.54 Å². The minimum Gasteiger partial charge on any atom is -0.356 e. The van der Waals surface area contributed by atoms with Crippen LogP contribution >= 0.6 is 0 Å². The van der Waals surface area contributed by atoms with Crippen LogP contribution in [0.1, 0.15) is 47.0 Å². The fraction of sp³-hybridized carbons (Fsp3) is 0.167. The Hall–Kier alpha value is -6.98. The lowest BCUT2D eigenvalue weighted by Gasteiger charge is -2.36. The molecule has 0 amide bonds. The SMILES string of the molecule is CC1(c2ccccc2)CC(c2ccccc2)(c2[nH]c3ccccc3c2CCNS(=O)(=O)c2ccccc2[N+](=O)[O-])n2c1c(CCNS(=O)(=O)c1ccccc1[N+](=O)[O-])c1ccccc12. The smallest absolute Gasteiger partial charge is 0.289 e. The van der Waals surface area contributed by atoms with Crippen molar-refractivity contribution in [2.24, 2.45) is 0 Å². The first-order valence-corrected chi connectivity index (χ1v) is 23.5. The molecular weight excluding hydrogens is 853 g/mol. The van der Waals surface area contributed by atoms with Gasteiger partial charge in [0.25, 0.3) is 11.4 Å². The van der Waals surface area contributed by atoms with Crippen LogP contribution in [-0.2, 0) is 43.8 Å². The van der Waals surface area contributed by atoms with Crippen LogP contribution in [0.15, 0.2) is 168 Å². The van der Waals surface area contributed by atoms with E-state index in [0.717, 1.165) is 61.5 Å². The second-order valence-corrected chi connectivity index (χ2v) is 19.5. The molecule has 3 N–H and O–H groups in total. The number of hydrogen-bond acceptors (Lipinski definition) is 8. The van der Waals surface area contributed by atoms with E-state index in [1.165, 1.54) is 42.5 Å². The van der Waals surface area contributed by atoms with Gasteiger partial charge in [-0.25, -0.2) is 26.3 Å². The van der Waals surface area contributed by atoms with E-state index >= 15 is 0 Å². The Morgan fingerprint density at radius 3 is 1.64 bits per heavy atom. The molecular formula is C48H42N6O8S2. The van der Waals surface area contributed by atoms with Crippen molar-refractivity contribution in [3.8, 4) is 0 Å². The van der Waals surface area contributed by atoms with Gasteiger partial charge in [0.05, 0.1) is 15.5 Å². The molecule has 0 radical (unpaired) electrons. The summed E-state index contributed by atoms with van der Waals surface area (Å²) in [6.07, 6.45) is 0.943. The zero-order valence-electron chi connectivity index (χ0n) is 34.5. The summed E-state index contributed by atoms with van der Waals surface area (Å²) < 4.78 is 62.5. The monoisotopic (exact) mass is 894 g/mol. The number of aromatic nitrogens is 2. The van der Waals surface area contributed by atoms with Gasteiger partial charge in [0, 0.05) is 58.1 Å². The molecule has 0 saturated heterocycles. The third kappa shape index (κ3) is 7.04. The number of nitrogens with one attached hydrogen (secondary N) is 3. The number of H-pyrrole nitrogens is 1. The lowest BCUT2D eigenvalue weighted by molar-refractivity contribution is -0.388. The van der Waals surface area contributed by atoms with E-state index in [0.29, 0.717) is 6.42 Å². The van der Waals surface area contributed by atoms with Crippen LogP contribution in [0.5, 0.6) is 0 Å². The minimum atomic E-state index is -4.30. The number of para-hydroxylation sites is 4. The maximum absolute atomic E-state index is 13.7. The van der Waals surface area contributed by atoms with Crippen LogP contribution in [0.4, 0.5) is 11.4 Å². The van der Waals surface area contributed by atoms with Gasteiger partial charge in [-0.05, 0) is 72.7 Å². The lowest BCUT2D eigenvalue weighted by Crippen LogP contribution is -2.36. The third-order valence-corrected chi connectivity index (χ3v) is 15.4. The first-order chi connectivity index (χ1) is 30.8. The molecule has 3 heterocycles. The molecule has 0 spiro atoms. The van der Waals surface area contributed by atoms with Crippen LogP contribution in [0.25, 0.3) is 21.8 Å². The van der Waals surface area contributed by atoms with Crippen LogP contribution < -0.4 is 9.44 Å². The molecule has 8 aromatic rings. The summed E-state index contributed by atoms with van der Waals surface area (Å²) in [5.41, 5.74) is 4.50. The summed E-state index contributed by atoms with van der Waals surface area (Å²) in [6.45, 7) is 2.06. The molecule has 64 heavy (non-hydrogen) atoms. The quantitative estimate of drug-likeness (QED) is 0.0672. The number of nitro groups is 2. The summed E-state index contributed by atoms with van der Waals surface area (Å²) in [5.74, 6) is 0. The highest BCUT2D eigenvalue weighted by atomic mass is 32.2. The Morgan fingerprint density at radius 2 is 1.06 bits per heavy atom. The standard InChI is InChI=1S/C48H42N6O8S2/c1-47(33-16-4-2-5-17-33)32-48(34-18-6-3-7-19-34,45-37(35-20-8-10-22-39(35)51-45)28-30-49-63(59,60)43-26-14-12-24-41(43)53(55)56)52-40-23-11-9-21-36(40)38(46(47)52)29-31-50-64(61,62)44-27-15-13-25-42(44)54(57)58/h2-27,49-51H,28-32H2,1H3. The average Bonchev–Trinajstić information content (AvgIpc) is 3.94. The second kappa shape index (κ2) is 16.3. The highest BCUT2D eigenvalue weighted by Crippen LogP contribution is 2.59. The predicted molar refractivity (Wildman–Crippen MR) is 244 cm³/mol. The first-order valence-electron chi connectivity index (χ1n) is 20.6. The van der Waals surface area contributed by atoms with E-state index in [9.17, 15) is 37.1 Å². The predicted octanol–water partition coefficient (Wildman–Crippen LogP) is 8.48. The number of nitrogens with zero attached hydrogens (tertiary/aromatic N) is 3. The molecule has 0 bridgehead atoms. The summed E-state index contributed by atoms with van der Waals surface area (Å²) >= 11 is 0. The van der Waals surface area contributed by atoms with Gasteiger partial charge in [-0.15, -0.1) is 0 Å². The van der Waals surface area contributed by atoms with Crippen molar-refractivity contribution in [2.45, 2.75) is 46.9 Å². The number of fused-ring (bicyclic) bond motifs is 4. The van der Waals surface area contributed by atoms with Crippen LogP contribution in [0.3, 0.4) is 0 Å². The Bertz CT molecular complexity index is 3340. The molecule has 2 aromatic heterocycles. The van der Waals surface area contributed by atoms with Gasteiger partial charge in [-0.2, -0.15) is 0 Å². The maximum atomic E-state index is 13.7. The van der Waals surface area contributed by atoms with Crippen molar-refractivity contribution in [1.29, 1.82) is 0 Å². The Morgan fingerprint density at radius 1 is 0.594 bits per heavy atom. The second-order valence-electron chi connectivity index (χ2n) is 16.1. The Labute approximate surface area is 369 Å². The topological polar surface area (TPSA) is 199 Å². The molecule has 1 aliphatic rings. The van der Waals surface area contributed by atoms with E-state index < -0.39 is 62.0 Å². The van der Waals surface area contributed by atoms with Gasteiger partial charge < -0.3 is 9.55 Å². The van der Waals surface area contributed by atoms with Crippen molar-refractivity contribution in [3.05, 3.63) is 212 Å². The fourth-order valence-corrected chi connectivity index (χ4v) is 12.2. The number of aromatic amines is 1. The van der Waals surface area contributed by atoms with E-state index in [1.807, 2.05) is 78.9 Å². The number of hydrogen-bond donors (Lipinski definition) is 3. The van der Waals surface area contributed by atoms with Crippen molar-refractivity contribution < 1.29 is 26.7 Å². The van der Waals surface area contributed by atoms with Crippen LogP contribution in [-0.4, -0.2) is 49.3 Å². The number of nitro benzene ring substituents is 2. The molecule has 16 heteroatoms. The molecule has 9 rings (SSSR count). The van der Waals surface area contributed by atoms with Gasteiger partial charge in [0.2, 0.25) is 20.0 Å². The third-order valence-electron chi connectivity index (χ3n) is 12.4. The van der Waals surface area contributed by atoms with Crippen LogP contribution in [0, 0.1) is 20.2 Å². The van der Waals surface area contributed by atoms with Crippen molar-refractivity contribution in [1.82, 2.24) is 19.0 Å². The molecule has 14 nitrogen and oxygen atoms in total. The highest BCUT2D eigenvalue weighted by Gasteiger charge is 2.56. The van der Waals surface area contributed by atoms with Crippen molar-refractivity contribution in [2.75, 3.05) is 13.1 Å². The molecule has 0 aliphatic carbocycles. The van der Waals surface area contributed by atoms with Crippen molar-refractivity contribution >= 4 is 53.2 Å².